The quantitative estimate of drug-likeness (QED) is 0.499. The molecule has 1 heteroatoms. The Morgan fingerprint density at radius 1 is 0.958 bits per heavy atom. The fourth-order valence-corrected chi connectivity index (χ4v) is 4.02. The fraction of sp³-hybridized carbons (Fsp3) is 0.304. The topological polar surface area (TPSA) is 4.93 Å². The minimum atomic E-state index is 0.0572. The van der Waals surface area contributed by atoms with Crippen LogP contribution in [0, 0.1) is 5.92 Å². The van der Waals surface area contributed by atoms with Crippen LogP contribution in [0.25, 0.3) is 28.1 Å². The van der Waals surface area contributed by atoms with Gasteiger partial charge >= 0.3 is 0 Å². The smallest absolute Gasteiger partial charge is 0.0573 e. The average Bonchev–Trinajstić information content (AvgIpc) is 2.89. The molecule has 0 bridgehead atoms. The molecule has 0 N–H and O–H groups in total. The summed E-state index contributed by atoms with van der Waals surface area (Å²) in [7, 11) is 0. The summed E-state index contributed by atoms with van der Waals surface area (Å²) in [5, 5.41) is 1.38. The van der Waals surface area contributed by atoms with E-state index in [-0.39, 0.29) is 5.54 Å². The van der Waals surface area contributed by atoms with Gasteiger partial charge < -0.3 is 4.57 Å². The van der Waals surface area contributed by atoms with Gasteiger partial charge in [0.25, 0.3) is 0 Å². The molecule has 0 amide bonds. The molecule has 0 radical (unpaired) electrons. The number of para-hydroxylation sites is 1. The lowest BCUT2D eigenvalue weighted by Gasteiger charge is -2.28. The highest BCUT2D eigenvalue weighted by Gasteiger charge is 2.27. The fourth-order valence-electron chi connectivity index (χ4n) is 4.02. The van der Waals surface area contributed by atoms with Crippen LogP contribution in [0.3, 0.4) is 0 Å². The standard InChI is InChI=1S/C23H25N/c1-16-13-14-19-20-12-8-11-18(17-9-6-5-7-10-17)22(20)24(21(19)15-16)23(2,3)4/h5-14,16H,15H2,1-4H3. The summed E-state index contributed by atoms with van der Waals surface area (Å²) in [6.45, 7) is 9.26. The molecular weight excluding hydrogens is 290 g/mol. The van der Waals surface area contributed by atoms with Crippen molar-refractivity contribution in [3.05, 3.63) is 65.9 Å². The average molecular weight is 315 g/mol. The van der Waals surface area contributed by atoms with Gasteiger partial charge in [0.1, 0.15) is 0 Å². The molecule has 1 atom stereocenters. The summed E-state index contributed by atoms with van der Waals surface area (Å²) in [6.07, 6.45) is 5.80. The molecule has 1 aromatic heterocycles. The van der Waals surface area contributed by atoms with Crippen molar-refractivity contribution in [2.45, 2.75) is 39.7 Å². The SMILES string of the molecule is CC1C=Cc2c(n(C(C)(C)C)c3c(-c4ccccc4)cccc23)C1. The third-order valence-corrected chi connectivity index (χ3v) is 4.99. The van der Waals surface area contributed by atoms with E-state index in [0.29, 0.717) is 5.92 Å². The van der Waals surface area contributed by atoms with Crippen molar-refractivity contribution in [1.82, 2.24) is 4.57 Å². The molecule has 1 unspecified atom stereocenters. The van der Waals surface area contributed by atoms with Gasteiger partial charge in [-0.1, -0.05) is 67.6 Å². The summed E-state index contributed by atoms with van der Waals surface area (Å²) in [6, 6.07) is 17.5. The Bertz CT molecular complexity index is 920. The van der Waals surface area contributed by atoms with Gasteiger partial charge in [-0.3, -0.25) is 0 Å². The maximum absolute atomic E-state index is 2.58. The van der Waals surface area contributed by atoms with Gasteiger partial charge in [0.05, 0.1) is 5.52 Å². The van der Waals surface area contributed by atoms with Crippen LogP contribution in [0.1, 0.15) is 39.0 Å². The van der Waals surface area contributed by atoms with E-state index in [1.165, 1.54) is 33.3 Å². The highest BCUT2D eigenvalue weighted by Crippen LogP contribution is 2.40. The zero-order valence-electron chi connectivity index (χ0n) is 15.0. The number of hydrogen-bond acceptors (Lipinski definition) is 0. The lowest BCUT2D eigenvalue weighted by Crippen LogP contribution is -2.25. The summed E-state index contributed by atoms with van der Waals surface area (Å²) < 4.78 is 2.58. The minimum Gasteiger partial charge on any atom is -0.338 e. The number of aromatic nitrogens is 1. The van der Waals surface area contributed by atoms with Crippen LogP contribution in [0.5, 0.6) is 0 Å². The molecule has 2 aromatic carbocycles. The maximum Gasteiger partial charge on any atom is 0.0573 e. The first-order chi connectivity index (χ1) is 11.5. The van der Waals surface area contributed by atoms with E-state index < -0.39 is 0 Å². The van der Waals surface area contributed by atoms with Gasteiger partial charge in [-0.15, -0.1) is 0 Å². The van der Waals surface area contributed by atoms with Gasteiger partial charge in [0, 0.05) is 27.7 Å². The molecule has 1 heterocycles. The van der Waals surface area contributed by atoms with Crippen molar-refractivity contribution < 1.29 is 0 Å². The molecule has 0 aliphatic heterocycles. The van der Waals surface area contributed by atoms with E-state index in [2.05, 4.69) is 92.9 Å². The Kier molecular flexibility index (Phi) is 3.42. The molecule has 122 valence electrons. The number of hydrogen-bond donors (Lipinski definition) is 0. The maximum atomic E-state index is 2.58. The van der Waals surface area contributed by atoms with Gasteiger partial charge in [-0.2, -0.15) is 0 Å². The van der Waals surface area contributed by atoms with Crippen LogP contribution >= 0.6 is 0 Å². The predicted octanol–water partition coefficient (Wildman–Crippen LogP) is 6.27. The van der Waals surface area contributed by atoms with Crippen molar-refractivity contribution in [3.8, 4) is 11.1 Å². The van der Waals surface area contributed by atoms with Crippen molar-refractivity contribution in [2.24, 2.45) is 5.92 Å². The zero-order valence-corrected chi connectivity index (χ0v) is 15.0. The molecule has 0 saturated carbocycles. The first kappa shape index (κ1) is 15.3. The second kappa shape index (κ2) is 5.37. The van der Waals surface area contributed by atoms with Crippen LogP contribution in [-0.2, 0) is 12.0 Å². The van der Waals surface area contributed by atoms with E-state index in [0.717, 1.165) is 6.42 Å². The molecule has 0 spiro atoms. The van der Waals surface area contributed by atoms with E-state index in [9.17, 15) is 0 Å². The van der Waals surface area contributed by atoms with Crippen molar-refractivity contribution in [3.63, 3.8) is 0 Å². The van der Waals surface area contributed by atoms with Crippen LogP contribution in [-0.4, -0.2) is 4.57 Å². The Morgan fingerprint density at radius 2 is 1.71 bits per heavy atom. The predicted molar refractivity (Wildman–Crippen MR) is 104 cm³/mol. The highest BCUT2D eigenvalue weighted by molar-refractivity contribution is 6.01. The minimum absolute atomic E-state index is 0.0572. The van der Waals surface area contributed by atoms with E-state index in [1.807, 2.05) is 0 Å². The third-order valence-electron chi connectivity index (χ3n) is 4.99. The van der Waals surface area contributed by atoms with Crippen molar-refractivity contribution in [2.75, 3.05) is 0 Å². The van der Waals surface area contributed by atoms with Crippen LogP contribution in [0.4, 0.5) is 0 Å². The number of allylic oxidation sites excluding steroid dienone is 1. The Balaban J connectivity index is 2.13. The second-order valence-corrected chi connectivity index (χ2v) is 7.97. The molecule has 0 saturated heterocycles. The van der Waals surface area contributed by atoms with E-state index >= 15 is 0 Å². The van der Waals surface area contributed by atoms with Crippen LogP contribution in [0.15, 0.2) is 54.6 Å². The number of nitrogens with zero attached hydrogens (tertiary/aromatic N) is 1. The molecule has 1 aliphatic carbocycles. The lowest BCUT2D eigenvalue weighted by atomic mass is 9.94. The molecule has 1 nitrogen and oxygen atoms in total. The second-order valence-electron chi connectivity index (χ2n) is 7.97. The molecule has 1 aliphatic rings. The molecule has 4 rings (SSSR count). The first-order valence-electron chi connectivity index (χ1n) is 8.87. The monoisotopic (exact) mass is 315 g/mol. The van der Waals surface area contributed by atoms with E-state index in [4.69, 9.17) is 0 Å². The van der Waals surface area contributed by atoms with Gasteiger partial charge in [-0.05, 0) is 38.7 Å². The Hall–Kier alpha value is -2.28. The molecule has 0 fully saturated rings. The summed E-state index contributed by atoms with van der Waals surface area (Å²) in [5.74, 6) is 0.600. The lowest BCUT2D eigenvalue weighted by molar-refractivity contribution is 0.393. The van der Waals surface area contributed by atoms with Gasteiger partial charge in [0.2, 0.25) is 0 Å². The number of rotatable bonds is 1. The van der Waals surface area contributed by atoms with Crippen LogP contribution < -0.4 is 0 Å². The summed E-state index contributed by atoms with van der Waals surface area (Å²) >= 11 is 0. The first-order valence-corrected chi connectivity index (χ1v) is 8.87. The third kappa shape index (κ3) is 2.31. The highest BCUT2D eigenvalue weighted by atomic mass is 15.1. The summed E-state index contributed by atoms with van der Waals surface area (Å²) in [5.41, 5.74) is 6.95. The zero-order chi connectivity index (χ0) is 16.9. The Morgan fingerprint density at radius 3 is 2.42 bits per heavy atom. The van der Waals surface area contributed by atoms with Gasteiger partial charge in [-0.25, -0.2) is 0 Å². The van der Waals surface area contributed by atoms with Gasteiger partial charge in [0.15, 0.2) is 0 Å². The Labute approximate surface area is 144 Å². The van der Waals surface area contributed by atoms with E-state index in [1.54, 1.807) is 0 Å². The normalized spacial score (nSPS) is 17.2. The van der Waals surface area contributed by atoms with Crippen molar-refractivity contribution in [1.29, 1.82) is 0 Å². The van der Waals surface area contributed by atoms with Crippen molar-refractivity contribution >= 4 is 17.0 Å². The largest absolute Gasteiger partial charge is 0.338 e. The number of benzene rings is 2. The van der Waals surface area contributed by atoms with Crippen LogP contribution in [0.2, 0.25) is 0 Å². The molecule has 3 aromatic rings. The molecule has 24 heavy (non-hydrogen) atoms. The summed E-state index contributed by atoms with van der Waals surface area (Å²) in [4.78, 5) is 0. The molecular formula is C23H25N. The number of fused-ring (bicyclic) bond motifs is 3.